The van der Waals surface area contributed by atoms with Crippen molar-refractivity contribution in [3.05, 3.63) is 35.8 Å². The number of hydrogen-bond acceptors (Lipinski definition) is 8. The Bertz CT molecular complexity index is 1380. The van der Waals surface area contributed by atoms with Crippen LogP contribution >= 0.6 is 0 Å². The van der Waals surface area contributed by atoms with E-state index in [0.717, 1.165) is 29.8 Å². The molecule has 4 N–H and O–H groups in total. The highest BCUT2D eigenvalue weighted by molar-refractivity contribution is 5.98. The first-order valence-electron chi connectivity index (χ1n) is 12.1. The maximum Gasteiger partial charge on any atom is 0.418 e. The van der Waals surface area contributed by atoms with Gasteiger partial charge in [0.2, 0.25) is 5.88 Å². The first-order chi connectivity index (χ1) is 17.9. The van der Waals surface area contributed by atoms with Crippen molar-refractivity contribution in [2.75, 3.05) is 25.9 Å². The van der Waals surface area contributed by atoms with Crippen LogP contribution in [0.4, 0.5) is 23.4 Å². The Balaban J connectivity index is 1.45. The Morgan fingerprint density at radius 1 is 1.29 bits per heavy atom. The average molecular weight is 538 g/mol. The van der Waals surface area contributed by atoms with Crippen molar-refractivity contribution in [1.82, 2.24) is 29.8 Å². The average Bonchev–Trinajstić information content (AvgIpc) is 3.53. The fourth-order valence-corrected chi connectivity index (χ4v) is 5.54. The Labute approximate surface area is 214 Å². The van der Waals surface area contributed by atoms with E-state index < -0.39 is 41.0 Å². The molecule has 0 aromatic carbocycles. The SMILES string of the molecule is COc1ncc(-c2cc(C(F)(F)F)c3c(N)ncnn23)cc1C(=O)N[C@@H]1CN(C2CCCC2(C)O)C[C@@H]1F. The van der Waals surface area contributed by atoms with Gasteiger partial charge in [-0.2, -0.15) is 18.3 Å². The van der Waals surface area contributed by atoms with Gasteiger partial charge in [0.05, 0.1) is 30.0 Å². The number of nitrogens with zero attached hydrogens (tertiary/aromatic N) is 5. The van der Waals surface area contributed by atoms with Gasteiger partial charge in [0.15, 0.2) is 5.82 Å². The van der Waals surface area contributed by atoms with Crippen LogP contribution in [0.5, 0.6) is 5.88 Å². The number of likely N-dealkylation sites (tertiary alicyclic amines) is 1. The summed E-state index contributed by atoms with van der Waals surface area (Å²) in [7, 11) is 1.29. The van der Waals surface area contributed by atoms with Crippen molar-refractivity contribution in [2.24, 2.45) is 0 Å². The number of nitrogen functional groups attached to an aromatic ring is 1. The lowest BCUT2D eigenvalue weighted by atomic mass is 9.99. The molecule has 0 radical (unpaired) electrons. The molecule has 0 spiro atoms. The van der Waals surface area contributed by atoms with Crippen LogP contribution in [0.2, 0.25) is 0 Å². The standard InChI is InChI=1S/C24H27F4N7O3/c1-23(37)5-3-4-18(23)34-9-15(25)16(10-34)33-21(36)13-6-12(8-30-22(13)38-2)17-7-14(24(26,27)28)19-20(29)31-11-32-35(17)19/h6-8,11,15-16,18,37H,3-5,9-10H2,1-2H3,(H,33,36)(H2,29,31,32)/t15-,16+,18?,23?/m0/s1. The molecular weight excluding hydrogens is 510 g/mol. The summed E-state index contributed by atoms with van der Waals surface area (Å²) in [6, 6.07) is 1.10. The zero-order chi connectivity index (χ0) is 27.4. The number of anilines is 1. The number of amides is 1. The Kier molecular flexibility index (Phi) is 6.42. The first-order valence-corrected chi connectivity index (χ1v) is 12.1. The monoisotopic (exact) mass is 537 g/mol. The van der Waals surface area contributed by atoms with Gasteiger partial charge < -0.3 is 20.9 Å². The molecule has 0 bridgehead atoms. The number of hydrogen-bond donors (Lipinski definition) is 3. The van der Waals surface area contributed by atoms with E-state index in [1.807, 2.05) is 4.90 Å². The van der Waals surface area contributed by atoms with Gasteiger partial charge in [-0.1, -0.05) is 0 Å². The minimum absolute atomic E-state index is 0.0236. The van der Waals surface area contributed by atoms with Gasteiger partial charge in [0.1, 0.15) is 23.6 Å². The van der Waals surface area contributed by atoms with Gasteiger partial charge in [-0.3, -0.25) is 9.69 Å². The summed E-state index contributed by atoms with van der Waals surface area (Å²) in [5, 5.41) is 17.2. The number of nitrogens with two attached hydrogens (primary N) is 1. The van der Waals surface area contributed by atoms with Crippen molar-refractivity contribution < 1.29 is 32.2 Å². The fourth-order valence-electron chi connectivity index (χ4n) is 5.54. The molecule has 1 aliphatic carbocycles. The minimum Gasteiger partial charge on any atom is -0.480 e. The summed E-state index contributed by atoms with van der Waals surface area (Å²) in [6.07, 6.45) is -1.66. The molecule has 5 rings (SSSR count). The predicted molar refractivity (Wildman–Crippen MR) is 128 cm³/mol. The highest BCUT2D eigenvalue weighted by atomic mass is 19.4. The molecular formula is C24H27F4N7O3. The summed E-state index contributed by atoms with van der Waals surface area (Å²) >= 11 is 0. The van der Waals surface area contributed by atoms with Crippen LogP contribution in [0.3, 0.4) is 0 Å². The quantitative estimate of drug-likeness (QED) is 0.423. The number of halogens is 4. The van der Waals surface area contributed by atoms with E-state index >= 15 is 0 Å². The van der Waals surface area contributed by atoms with Crippen LogP contribution in [-0.4, -0.2) is 79.6 Å². The van der Waals surface area contributed by atoms with Crippen LogP contribution in [-0.2, 0) is 6.18 Å². The molecule has 38 heavy (non-hydrogen) atoms. The molecule has 3 aromatic heterocycles. The molecule has 10 nitrogen and oxygen atoms in total. The van der Waals surface area contributed by atoms with Crippen molar-refractivity contribution >= 4 is 17.2 Å². The zero-order valence-electron chi connectivity index (χ0n) is 20.7. The number of alkyl halides is 4. The van der Waals surface area contributed by atoms with Gasteiger partial charge >= 0.3 is 6.18 Å². The number of ether oxygens (including phenoxy) is 1. The van der Waals surface area contributed by atoms with Crippen molar-refractivity contribution in [3.8, 4) is 17.1 Å². The summed E-state index contributed by atoms with van der Waals surface area (Å²) in [5.41, 5.74) is 3.34. The third-order valence-electron chi connectivity index (χ3n) is 7.39. The summed E-state index contributed by atoms with van der Waals surface area (Å²) in [4.78, 5) is 22.9. The summed E-state index contributed by atoms with van der Waals surface area (Å²) in [6.45, 7) is 2.01. The molecule has 14 heteroatoms. The van der Waals surface area contributed by atoms with Gasteiger partial charge in [-0.15, -0.1) is 0 Å². The third-order valence-corrected chi connectivity index (χ3v) is 7.39. The number of carbonyl (C=O) groups excluding carboxylic acids is 1. The molecule has 3 aromatic rings. The zero-order valence-corrected chi connectivity index (χ0v) is 20.7. The lowest BCUT2D eigenvalue weighted by molar-refractivity contribution is -0.136. The lowest BCUT2D eigenvalue weighted by Gasteiger charge is -2.33. The number of nitrogens with one attached hydrogen (secondary N) is 1. The van der Waals surface area contributed by atoms with E-state index in [4.69, 9.17) is 10.5 Å². The lowest BCUT2D eigenvalue weighted by Crippen LogP contribution is -2.48. The molecule has 4 heterocycles. The first kappa shape index (κ1) is 26.1. The van der Waals surface area contributed by atoms with Gasteiger partial charge in [-0.05, 0) is 38.3 Å². The molecule has 1 saturated carbocycles. The number of aromatic nitrogens is 4. The number of carbonyl (C=O) groups is 1. The Morgan fingerprint density at radius 2 is 2.05 bits per heavy atom. The van der Waals surface area contributed by atoms with E-state index in [9.17, 15) is 27.5 Å². The molecule has 204 valence electrons. The third kappa shape index (κ3) is 4.51. The highest BCUT2D eigenvalue weighted by Gasteiger charge is 2.46. The molecule has 2 aliphatic rings. The smallest absolute Gasteiger partial charge is 0.418 e. The molecule has 1 amide bonds. The van der Waals surface area contributed by atoms with Crippen LogP contribution < -0.4 is 15.8 Å². The minimum atomic E-state index is -4.74. The van der Waals surface area contributed by atoms with Gasteiger partial charge in [-0.25, -0.2) is 18.9 Å². The number of methoxy groups -OCH3 is 1. The van der Waals surface area contributed by atoms with E-state index in [2.05, 4.69) is 20.4 Å². The summed E-state index contributed by atoms with van der Waals surface area (Å²) in [5.74, 6) is -1.14. The normalized spacial score (nSPS) is 26.2. The molecule has 2 unspecified atom stereocenters. The maximum atomic E-state index is 15.0. The van der Waals surface area contributed by atoms with Crippen LogP contribution in [0, 0.1) is 0 Å². The van der Waals surface area contributed by atoms with E-state index in [0.29, 0.717) is 6.42 Å². The van der Waals surface area contributed by atoms with Crippen molar-refractivity contribution in [2.45, 2.75) is 56.2 Å². The number of rotatable bonds is 5. The molecule has 1 aliphatic heterocycles. The van der Waals surface area contributed by atoms with Crippen LogP contribution in [0.15, 0.2) is 24.7 Å². The largest absolute Gasteiger partial charge is 0.480 e. The highest BCUT2D eigenvalue weighted by Crippen LogP contribution is 2.39. The van der Waals surface area contributed by atoms with Crippen molar-refractivity contribution in [3.63, 3.8) is 0 Å². The van der Waals surface area contributed by atoms with Crippen LogP contribution in [0.25, 0.3) is 16.8 Å². The second-order valence-corrected chi connectivity index (χ2v) is 9.94. The van der Waals surface area contributed by atoms with Gasteiger partial charge in [0, 0.05) is 30.9 Å². The maximum absolute atomic E-state index is 15.0. The van der Waals surface area contributed by atoms with Crippen molar-refractivity contribution in [1.29, 1.82) is 0 Å². The van der Waals surface area contributed by atoms with E-state index in [1.54, 1.807) is 6.92 Å². The summed E-state index contributed by atoms with van der Waals surface area (Å²) < 4.78 is 62.3. The molecule has 4 atom stereocenters. The fraction of sp³-hybridized carbons (Fsp3) is 0.500. The van der Waals surface area contributed by atoms with Gasteiger partial charge in [0.25, 0.3) is 5.91 Å². The number of pyridine rings is 1. The van der Waals surface area contributed by atoms with Crippen LogP contribution in [0.1, 0.15) is 42.1 Å². The van der Waals surface area contributed by atoms with E-state index in [1.165, 1.54) is 19.4 Å². The topological polar surface area (TPSA) is 131 Å². The number of aliphatic hydroxyl groups is 1. The number of fused-ring (bicyclic) bond motifs is 1. The molecule has 1 saturated heterocycles. The Morgan fingerprint density at radius 3 is 2.71 bits per heavy atom. The van der Waals surface area contributed by atoms with E-state index in [-0.39, 0.29) is 47.7 Å². The second-order valence-electron chi connectivity index (χ2n) is 9.94. The Hall–Kier alpha value is -3.52. The predicted octanol–water partition coefficient (Wildman–Crippen LogP) is 2.46. The molecule has 2 fully saturated rings. The second kappa shape index (κ2) is 9.34.